The van der Waals surface area contributed by atoms with Crippen LogP contribution in [0.5, 0.6) is 0 Å². The lowest BCUT2D eigenvalue weighted by atomic mass is 10.1. The molecule has 1 atom stereocenters. The number of nitrogens with two attached hydrogens (primary N) is 1. The molecule has 6 heteroatoms. The summed E-state index contributed by atoms with van der Waals surface area (Å²) in [7, 11) is 0. The van der Waals surface area contributed by atoms with Gasteiger partial charge < -0.3 is 16.2 Å². The molecule has 0 bridgehead atoms. The van der Waals surface area contributed by atoms with Crippen LogP contribution in [-0.2, 0) is 14.4 Å². The van der Waals surface area contributed by atoms with Gasteiger partial charge in [0.2, 0.25) is 11.8 Å². The van der Waals surface area contributed by atoms with E-state index >= 15 is 0 Å². The average Bonchev–Trinajstić information content (AvgIpc) is 2.83. The van der Waals surface area contributed by atoms with Gasteiger partial charge in [-0.3, -0.25) is 9.59 Å². The van der Waals surface area contributed by atoms with Crippen LogP contribution in [0, 0.1) is 0 Å². The van der Waals surface area contributed by atoms with Gasteiger partial charge in [0.15, 0.2) is 0 Å². The summed E-state index contributed by atoms with van der Waals surface area (Å²) < 4.78 is 181. The second-order valence-electron chi connectivity index (χ2n) is 3.62. The molecule has 0 aliphatic rings. The number of carboxylic acid groups (broad SMARTS) is 1. The van der Waals surface area contributed by atoms with E-state index in [9.17, 15) is 19.5 Å². The number of aliphatic carboxylic acids is 1. The van der Waals surface area contributed by atoms with Crippen molar-refractivity contribution in [1.82, 2.24) is 5.32 Å². The Morgan fingerprint density at radius 1 is 1.09 bits per heavy atom. The number of rotatable bonds is 15. The van der Waals surface area contributed by atoms with Crippen molar-refractivity contribution in [2.45, 2.75) is 89.5 Å². The first-order chi connectivity index (χ1) is 19.6. The number of nitrogens with one attached hydrogen (secondary N) is 1. The summed E-state index contributed by atoms with van der Waals surface area (Å²) in [5, 5.41) is 10.7. The molecule has 0 spiro atoms. The third-order valence-corrected chi connectivity index (χ3v) is 1.96. The molecule has 0 rings (SSSR count). The summed E-state index contributed by atoms with van der Waals surface area (Å²) in [6.07, 6.45) is -48.4. The zero-order valence-corrected chi connectivity index (χ0v) is 11.7. The molecule has 0 radical (unpaired) electrons. The normalized spacial score (nSPS) is 33.5. The molecule has 134 valence electrons. The van der Waals surface area contributed by atoms with Crippen LogP contribution in [0.2, 0.25) is 0 Å². The fraction of sp³-hybridized carbons (Fsp3) is 0.824. The van der Waals surface area contributed by atoms with E-state index in [1.165, 1.54) is 5.32 Å². The highest BCUT2D eigenvalue weighted by molar-refractivity contribution is 5.84. The van der Waals surface area contributed by atoms with Crippen molar-refractivity contribution in [3.63, 3.8) is 0 Å². The summed E-state index contributed by atoms with van der Waals surface area (Å²) in [5.41, 5.74) is 4.88. The number of carboxylic acids is 1. The van der Waals surface area contributed by atoms with Crippen molar-refractivity contribution >= 4 is 17.8 Å². The molecule has 2 amide bonds. The fourth-order valence-corrected chi connectivity index (χ4v) is 1.05. The molecule has 0 unspecified atom stereocenters. The minimum Gasteiger partial charge on any atom is -0.480 e. The van der Waals surface area contributed by atoms with Gasteiger partial charge in [0, 0.05) is 44.3 Å². The Labute approximate surface area is 171 Å². The largest absolute Gasteiger partial charge is 0.480 e. The van der Waals surface area contributed by atoms with Gasteiger partial charge in [-0.05, 0) is 12.8 Å². The number of hydrogen-bond donors (Lipinski definition) is 3. The second kappa shape index (κ2) is 14.0. The highest BCUT2D eigenvalue weighted by atomic mass is 16.4. The van der Waals surface area contributed by atoms with Crippen LogP contribution >= 0.6 is 0 Å². The van der Waals surface area contributed by atoms with Crippen LogP contribution in [0.1, 0.15) is 115 Å². The van der Waals surface area contributed by atoms with Gasteiger partial charge in [-0.15, -0.1) is 0 Å². The monoisotopic (exact) mass is 351 g/mol. The lowest BCUT2D eigenvalue weighted by Gasteiger charge is -2.13. The standard InChI is InChI=1S/C17H32N2O4/c1-2-3-4-5-6-7-8-9-10-11-16(21)19-14(17(22)23)12-13-15(18)20/h14H,2-13H2,1H3,(H2,18,20)(H,19,21)(H,22,23)/t14-/m0/s1/i1D3,2D2,3D2,4D2,5D2,6D2,7D2,8D2,9D2,10D2,11D2. The van der Waals surface area contributed by atoms with Crippen molar-refractivity contribution in [2.24, 2.45) is 5.73 Å². The SMILES string of the molecule is [2H]C([2H])([2H])C([2H])([2H])C([2H])([2H])C([2H])([2H])C([2H])([2H])C([2H])([2H])C([2H])([2H])C([2H])([2H])C([2H])([2H])C([2H])([2H])C([2H])([2H])C(=O)N[C@@H](CCC(N)=O)C(=O)O. The molecule has 0 saturated carbocycles. The molecule has 23 heavy (non-hydrogen) atoms. The molecule has 0 aromatic rings. The second-order valence-corrected chi connectivity index (χ2v) is 3.62. The molecule has 0 aliphatic carbocycles. The van der Waals surface area contributed by atoms with Crippen molar-refractivity contribution < 1.29 is 51.0 Å². The molecule has 0 fully saturated rings. The van der Waals surface area contributed by atoms with E-state index in [2.05, 4.69) is 0 Å². The van der Waals surface area contributed by atoms with Gasteiger partial charge in [0.25, 0.3) is 0 Å². The van der Waals surface area contributed by atoms with Crippen molar-refractivity contribution in [3.8, 4) is 0 Å². The van der Waals surface area contributed by atoms with Crippen molar-refractivity contribution in [3.05, 3.63) is 0 Å². The van der Waals surface area contributed by atoms with Gasteiger partial charge in [-0.2, -0.15) is 0 Å². The molecule has 0 heterocycles. The Morgan fingerprint density at radius 3 is 2.17 bits per heavy atom. The Kier molecular flexibility index (Phi) is 2.89. The maximum Gasteiger partial charge on any atom is 0.326 e. The highest BCUT2D eigenvalue weighted by Crippen LogP contribution is 2.10. The predicted molar refractivity (Wildman–Crippen MR) is 89.8 cm³/mol. The summed E-state index contributed by atoms with van der Waals surface area (Å²) in [5.74, 6) is -5.27. The minimum absolute atomic E-state index is 0.701. The number of carbonyl (C=O) groups excluding carboxylic acids is 2. The van der Waals surface area contributed by atoms with E-state index in [1.807, 2.05) is 0 Å². The molecule has 0 aromatic carbocycles. The third kappa shape index (κ3) is 13.8. The smallest absolute Gasteiger partial charge is 0.326 e. The number of carbonyl (C=O) groups is 3. The first-order valence-corrected chi connectivity index (χ1v) is 5.96. The topological polar surface area (TPSA) is 109 Å². The van der Waals surface area contributed by atoms with Gasteiger partial charge in [0.05, 0.1) is 0 Å². The Balaban J connectivity index is 7.13. The third-order valence-electron chi connectivity index (χ3n) is 1.96. The van der Waals surface area contributed by atoms with E-state index in [-0.39, 0.29) is 0 Å². The van der Waals surface area contributed by atoms with E-state index < -0.39 is 107 Å². The highest BCUT2D eigenvalue weighted by Gasteiger charge is 2.20. The van der Waals surface area contributed by atoms with Crippen LogP contribution in [0.4, 0.5) is 0 Å². The number of amides is 2. The van der Waals surface area contributed by atoms with Crippen molar-refractivity contribution in [2.75, 3.05) is 0 Å². The van der Waals surface area contributed by atoms with Crippen molar-refractivity contribution in [1.29, 1.82) is 0 Å². The molecule has 0 aromatic heterocycles. The first-order valence-electron chi connectivity index (χ1n) is 17.5. The van der Waals surface area contributed by atoms with E-state index in [0.717, 1.165) is 0 Å². The number of primary amides is 1. The Hall–Kier alpha value is -1.59. The Bertz CT molecular complexity index is 1180. The summed E-state index contributed by atoms with van der Waals surface area (Å²) in [6.45, 7) is -4.04. The van der Waals surface area contributed by atoms with Gasteiger partial charge in [-0.25, -0.2) is 4.79 Å². The maximum atomic E-state index is 12.7. The molecule has 6 nitrogen and oxygen atoms in total. The lowest BCUT2D eigenvalue weighted by molar-refractivity contribution is -0.142. The van der Waals surface area contributed by atoms with Gasteiger partial charge in [0.1, 0.15) is 6.04 Å². The van der Waals surface area contributed by atoms with Crippen LogP contribution in [-0.4, -0.2) is 28.9 Å². The van der Waals surface area contributed by atoms with Crippen LogP contribution in [0.25, 0.3) is 0 Å². The van der Waals surface area contributed by atoms with E-state index in [0.29, 0.717) is 0 Å². The van der Waals surface area contributed by atoms with Crippen LogP contribution in [0.15, 0.2) is 0 Å². The number of hydrogen-bond acceptors (Lipinski definition) is 3. The quantitative estimate of drug-likeness (QED) is 0.421. The first kappa shape index (κ1) is 4.73. The minimum atomic E-state index is -4.91. The maximum absolute atomic E-state index is 12.7. The summed E-state index contributed by atoms with van der Waals surface area (Å²) in [6, 6.07) is -2.14. The Morgan fingerprint density at radius 2 is 1.65 bits per heavy atom. The summed E-state index contributed by atoms with van der Waals surface area (Å²) in [4.78, 5) is 35.1. The zero-order chi connectivity index (χ0) is 37.9. The molecular weight excluding hydrogens is 296 g/mol. The van der Waals surface area contributed by atoms with E-state index in [1.54, 1.807) is 0 Å². The predicted octanol–water partition coefficient (Wildman–Crippen LogP) is 2.74. The molecular formula is C17H32N2O4. The van der Waals surface area contributed by atoms with Crippen LogP contribution in [0.3, 0.4) is 0 Å². The fourth-order valence-electron chi connectivity index (χ4n) is 1.05. The molecule has 4 N–H and O–H groups in total. The van der Waals surface area contributed by atoms with Crippen LogP contribution < -0.4 is 11.1 Å². The van der Waals surface area contributed by atoms with Gasteiger partial charge in [-0.1, -0.05) is 57.8 Å². The van der Waals surface area contributed by atoms with E-state index in [4.69, 9.17) is 37.3 Å². The summed E-state index contributed by atoms with van der Waals surface area (Å²) >= 11 is 0. The zero-order valence-electron chi connectivity index (χ0n) is 34.7. The lowest BCUT2D eigenvalue weighted by Crippen LogP contribution is -2.41. The van der Waals surface area contributed by atoms with Gasteiger partial charge >= 0.3 is 5.97 Å². The molecule has 0 saturated heterocycles. The molecule has 0 aliphatic heterocycles. The average molecular weight is 352 g/mol.